The Morgan fingerprint density at radius 2 is 2.05 bits per heavy atom. The number of hydrogen-bond donors (Lipinski definition) is 3. The van der Waals surface area contributed by atoms with Gasteiger partial charge in [0.15, 0.2) is 0 Å². The Balaban J connectivity index is 1.89. The number of aromatic hydroxyl groups is 1. The van der Waals surface area contributed by atoms with Gasteiger partial charge in [-0.05, 0) is 23.3 Å². The van der Waals surface area contributed by atoms with E-state index in [2.05, 4.69) is 0 Å². The minimum Gasteiger partial charge on any atom is -0.508 e. The van der Waals surface area contributed by atoms with Crippen LogP contribution in [0, 0.1) is 0 Å². The molecule has 1 fully saturated rings. The van der Waals surface area contributed by atoms with E-state index >= 15 is 0 Å². The summed E-state index contributed by atoms with van der Waals surface area (Å²) in [5.41, 5.74) is 5.53. The van der Waals surface area contributed by atoms with E-state index in [1.165, 1.54) is 0 Å². The van der Waals surface area contributed by atoms with Crippen molar-refractivity contribution in [3.63, 3.8) is 0 Å². The Morgan fingerprint density at radius 1 is 1.29 bits per heavy atom. The fraction of sp³-hybridized carbons (Fsp3) is 0.312. The fourth-order valence-electron chi connectivity index (χ4n) is 2.94. The van der Waals surface area contributed by atoms with Crippen molar-refractivity contribution < 1.29 is 15.0 Å². The van der Waals surface area contributed by atoms with E-state index in [9.17, 15) is 15.0 Å². The normalized spacial score (nSPS) is 22.7. The molecule has 1 aliphatic rings. The lowest BCUT2D eigenvalue weighted by molar-refractivity contribution is -0.142. The Kier molecular flexibility index (Phi) is 3.31. The smallest absolute Gasteiger partial charge is 0.325 e. The van der Waals surface area contributed by atoms with Crippen molar-refractivity contribution in [1.82, 2.24) is 4.90 Å². The lowest BCUT2D eigenvalue weighted by Crippen LogP contribution is -2.50. The largest absolute Gasteiger partial charge is 0.508 e. The number of carbonyl (C=O) groups is 1. The van der Waals surface area contributed by atoms with E-state index in [0.29, 0.717) is 26.1 Å². The molecule has 110 valence electrons. The molecule has 5 heteroatoms. The van der Waals surface area contributed by atoms with Crippen molar-refractivity contribution in [2.75, 3.05) is 13.1 Å². The van der Waals surface area contributed by atoms with Gasteiger partial charge < -0.3 is 15.9 Å². The number of phenolic OH excluding ortho intramolecular Hbond substituents is 1. The second-order valence-electron chi connectivity index (χ2n) is 5.71. The van der Waals surface area contributed by atoms with E-state index in [0.717, 1.165) is 16.3 Å². The average molecular weight is 286 g/mol. The van der Waals surface area contributed by atoms with Crippen molar-refractivity contribution in [3.8, 4) is 5.75 Å². The van der Waals surface area contributed by atoms with Crippen molar-refractivity contribution in [2.24, 2.45) is 5.73 Å². The zero-order valence-corrected chi connectivity index (χ0v) is 11.6. The number of benzene rings is 2. The lowest BCUT2D eigenvalue weighted by atomic mass is 10.0. The third kappa shape index (κ3) is 2.46. The Hall–Kier alpha value is -2.11. The lowest BCUT2D eigenvalue weighted by Gasteiger charge is -2.21. The molecule has 4 N–H and O–H groups in total. The molecular weight excluding hydrogens is 268 g/mol. The number of phenols is 1. The van der Waals surface area contributed by atoms with Crippen molar-refractivity contribution in [2.45, 2.75) is 18.5 Å². The topological polar surface area (TPSA) is 86.8 Å². The first-order valence-corrected chi connectivity index (χ1v) is 6.94. The summed E-state index contributed by atoms with van der Waals surface area (Å²) in [4.78, 5) is 13.2. The molecule has 2 aromatic carbocycles. The number of carboxylic acid groups (broad SMARTS) is 1. The summed E-state index contributed by atoms with van der Waals surface area (Å²) < 4.78 is 0. The number of carboxylic acids is 1. The molecule has 0 spiro atoms. The van der Waals surface area contributed by atoms with Gasteiger partial charge in [0.05, 0.1) is 0 Å². The zero-order valence-electron chi connectivity index (χ0n) is 11.6. The van der Waals surface area contributed by atoms with Gasteiger partial charge >= 0.3 is 5.97 Å². The third-order valence-corrected chi connectivity index (χ3v) is 4.20. The second kappa shape index (κ2) is 5.02. The number of rotatable bonds is 3. The first kappa shape index (κ1) is 13.9. The molecule has 1 heterocycles. The maximum absolute atomic E-state index is 11.2. The van der Waals surface area contributed by atoms with Gasteiger partial charge in [0.25, 0.3) is 0 Å². The molecule has 5 nitrogen and oxygen atoms in total. The predicted octanol–water partition coefficient (Wildman–Crippen LogP) is 1.53. The molecule has 0 aromatic heterocycles. The number of nitrogens with two attached hydrogens (primary N) is 1. The highest BCUT2D eigenvalue weighted by Crippen LogP contribution is 2.30. The molecule has 2 aromatic rings. The number of likely N-dealkylation sites (tertiary alicyclic amines) is 1. The minimum absolute atomic E-state index is 0.235. The van der Waals surface area contributed by atoms with Crippen LogP contribution < -0.4 is 5.73 Å². The van der Waals surface area contributed by atoms with E-state index in [1.54, 1.807) is 6.07 Å². The van der Waals surface area contributed by atoms with Crippen LogP contribution in [0.2, 0.25) is 0 Å². The van der Waals surface area contributed by atoms with Gasteiger partial charge in [0, 0.05) is 25.2 Å². The van der Waals surface area contributed by atoms with Crippen LogP contribution in [0.15, 0.2) is 36.4 Å². The monoisotopic (exact) mass is 286 g/mol. The zero-order chi connectivity index (χ0) is 15.0. The van der Waals surface area contributed by atoms with Crippen LogP contribution in [-0.2, 0) is 11.3 Å². The van der Waals surface area contributed by atoms with Gasteiger partial charge in [-0.25, -0.2) is 0 Å². The molecule has 21 heavy (non-hydrogen) atoms. The van der Waals surface area contributed by atoms with Gasteiger partial charge in [-0.2, -0.15) is 0 Å². The minimum atomic E-state index is -1.18. The van der Waals surface area contributed by atoms with E-state index in [4.69, 9.17) is 5.73 Å². The van der Waals surface area contributed by atoms with Crippen LogP contribution in [0.3, 0.4) is 0 Å². The van der Waals surface area contributed by atoms with Crippen LogP contribution in [0.1, 0.15) is 12.0 Å². The molecule has 0 radical (unpaired) electrons. The standard InChI is InChI=1S/C16H18N2O3/c17-16(15(20)21)7-8-18(10-16)9-13-12-4-2-1-3-11(12)5-6-14(13)19/h1-6,19H,7-10,17H2,(H,20,21). The van der Waals surface area contributed by atoms with Crippen molar-refractivity contribution in [3.05, 3.63) is 42.0 Å². The van der Waals surface area contributed by atoms with Gasteiger partial charge in [0.1, 0.15) is 11.3 Å². The summed E-state index contributed by atoms with van der Waals surface area (Å²) in [6.07, 6.45) is 0.424. The molecule has 1 saturated heterocycles. The summed E-state index contributed by atoms with van der Waals surface area (Å²) in [6.45, 7) is 1.41. The van der Waals surface area contributed by atoms with E-state index < -0.39 is 11.5 Å². The second-order valence-corrected chi connectivity index (χ2v) is 5.71. The summed E-state index contributed by atoms with van der Waals surface area (Å²) >= 11 is 0. The molecule has 0 aliphatic carbocycles. The number of hydrogen-bond acceptors (Lipinski definition) is 4. The summed E-state index contributed by atoms with van der Waals surface area (Å²) in [6, 6.07) is 11.4. The van der Waals surface area contributed by atoms with Gasteiger partial charge in [-0.3, -0.25) is 9.69 Å². The molecule has 0 bridgehead atoms. The van der Waals surface area contributed by atoms with Gasteiger partial charge in [-0.1, -0.05) is 30.3 Å². The summed E-state index contributed by atoms with van der Waals surface area (Å²) in [5, 5.41) is 21.4. The highest BCUT2D eigenvalue weighted by molar-refractivity contribution is 5.87. The highest BCUT2D eigenvalue weighted by atomic mass is 16.4. The Bertz CT molecular complexity index is 701. The highest BCUT2D eigenvalue weighted by Gasteiger charge is 2.41. The predicted molar refractivity (Wildman–Crippen MR) is 80.1 cm³/mol. The molecule has 3 rings (SSSR count). The van der Waals surface area contributed by atoms with Crippen LogP contribution in [-0.4, -0.2) is 39.7 Å². The first-order chi connectivity index (χ1) is 9.99. The van der Waals surface area contributed by atoms with Gasteiger partial charge in [0.2, 0.25) is 0 Å². The molecule has 1 unspecified atom stereocenters. The molecule has 1 aliphatic heterocycles. The molecule has 0 amide bonds. The van der Waals surface area contributed by atoms with Crippen molar-refractivity contribution >= 4 is 16.7 Å². The molecular formula is C16H18N2O3. The molecule has 1 atom stereocenters. The Morgan fingerprint density at radius 3 is 2.76 bits per heavy atom. The van der Waals surface area contributed by atoms with Crippen LogP contribution in [0.5, 0.6) is 5.75 Å². The maximum atomic E-state index is 11.2. The number of fused-ring (bicyclic) bond motifs is 1. The number of nitrogens with zero attached hydrogens (tertiary/aromatic N) is 1. The van der Waals surface area contributed by atoms with Crippen LogP contribution >= 0.6 is 0 Å². The molecule has 0 saturated carbocycles. The first-order valence-electron chi connectivity index (χ1n) is 6.94. The quantitative estimate of drug-likeness (QED) is 0.796. The SMILES string of the molecule is NC1(C(=O)O)CCN(Cc2c(O)ccc3ccccc23)C1. The maximum Gasteiger partial charge on any atom is 0.325 e. The van der Waals surface area contributed by atoms with E-state index in [-0.39, 0.29) is 5.75 Å². The van der Waals surface area contributed by atoms with Gasteiger partial charge in [-0.15, -0.1) is 0 Å². The average Bonchev–Trinajstić information content (AvgIpc) is 2.85. The van der Waals surface area contributed by atoms with Crippen molar-refractivity contribution in [1.29, 1.82) is 0 Å². The summed E-state index contributed by atoms with van der Waals surface area (Å²) in [5.74, 6) is -0.731. The summed E-state index contributed by atoms with van der Waals surface area (Å²) in [7, 11) is 0. The third-order valence-electron chi connectivity index (χ3n) is 4.20. The van der Waals surface area contributed by atoms with Crippen LogP contribution in [0.25, 0.3) is 10.8 Å². The fourth-order valence-corrected chi connectivity index (χ4v) is 2.94. The van der Waals surface area contributed by atoms with E-state index in [1.807, 2.05) is 35.2 Å². The number of aliphatic carboxylic acids is 1. The van der Waals surface area contributed by atoms with Crippen LogP contribution in [0.4, 0.5) is 0 Å². The Labute approximate surface area is 122 Å².